The molecule has 1 aromatic heterocycles. The number of nitrogens with one attached hydrogen (secondary N) is 2. The largest absolute Gasteiger partial charge is 0.489 e. The summed E-state index contributed by atoms with van der Waals surface area (Å²) in [6.07, 6.45) is 0. The van der Waals surface area contributed by atoms with Gasteiger partial charge in [0.25, 0.3) is 5.91 Å². The predicted molar refractivity (Wildman–Crippen MR) is 110 cm³/mol. The van der Waals surface area contributed by atoms with Crippen LogP contribution < -0.4 is 15.4 Å². The van der Waals surface area contributed by atoms with Gasteiger partial charge >= 0.3 is 0 Å². The number of amides is 1. The van der Waals surface area contributed by atoms with E-state index in [4.69, 9.17) is 4.74 Å². The second-order valence-electron chi connectivity index (χ2n) is 7.43. The fraction of sp³-hybridized carbons (Fsp3) is 0.227. The molecule has 144 valence electrons. The Morgan fingerprint density at radius 1 is 0.929 bits per heavy atom. The lowest BCUT2D eigenvalue weighted by atomic mass is 10.1. The SMILES string of the molecule is CC(C)(C)NC(=O)c1ccc(Nc2ccc(OCc3ccccc3)cc2)nn1. The molecule has 0 atom stereocenters. The molecule has 2 N–H and O–H groups in total. The first-order valence-electron chi connectivity index (χ1n) is 9.09. The summed E-state index contributed by atoms with van der Waals surface area (Å²) >= 11 is 0. The first-order chi connectivity index (χ1) is 13.4. The van der Waals surface area contributed by atoms with Crippen LogP contribution in [0.15, 0.2) is 66.7 Å². The molecule has 1 heterocycles. The summed E-state index contributed by atoms with van der Waals surface area (Å²) in [4.78, 5) is 12.1. The van der Waals surface area contributed by atoms with Crippen molar-refractivity contribution in [3.05, 3.63) is 78.0 Å². The molecule has 6 heteroatoms. The van der Waals surface area contributed by atoms with Crippen LogP contribution in [0.3, 0.4) is 0 Å². The van der Waals surface area contributed by atoms with Gasteiger partial charge in [0.1, 0.15) is 12.4 Å². The van der Waals surface area contributed by atoms with Gasteiger partial charge in [0, 0.05) is 11.2 Å². The Morgan fingerprint density at radius 2 is 1.64 bits per heavy atom. The summed E-state index contributed by atoms with van der Waals surface area (Å²) in [6, 6.07) is 21.0. The topological polar surface area (TPSA) is 76.1 Å². The Hall–Kier alpha value is -3.41. The third-order valence-electron chi connectivity index (χ3n) is 3.76. The van der Waals surface area contributed by atoms with Crippen LogP contribution in [-0.4, -0.2) is 21.6 Å². The highest BCUT2D eigenvalue weighted by atomic mass is 16.5. The fourth-order valence-electron chi connectivity index (χ4n) is 2.45. The van der Waals surface area contributed by atoms with E-state index >= 15 is 0 Å². The average Bonchev–Trinajstić information content (AvgIpc) is 2.67. The summed E-state index contributed by atoms with van der Waals surface area (Å²) in [6.45, 7) is 6.28. The van der Waals surface area contributed by atoms with Crippen molar-refractivity contribution in [2.24, 2.45) is 0 Å². The number of carbonyl (C=O) groups is 1. The summed E-state index contributed by atoms with van der Waals surface area (Å²) in [5.74, 6) is 1.10. The Labute approximate surface area is 165 Å². The molecule has 1 amide bonds. The standard InChI is InChI=1S/C22H24N4O2/c1-22(2,3)24-21(27)19-13-14-20(26-25-19)23-17-9-11-18(12-10-17)28-15-16-7-5-4-6-8-16/h4-14H,15H2,1-3H3,(H,23,26)(H,24,27). The number of carbonyl (C=O) groups excluding carboxylic acids is 1. The Kier molecular flexibility index (Phi) is 5.89. The molecular weight excluding hydrogens is 352 g/mol. The molecule has 0 radical (unpaired) electrons. The Bertz CT molecular complexity index is 902. The van der Waals surface area contributed by atoms with E-state index in [0.29, 0.717) is 12.4 Å². The molecule has 0 aliphatic carbocycles. The Morgan fingerprint density at radius 3 is 2.25 bits per heavy atom. The maximum Gasteiger partial charge on any atom is 0.272 e. The lowest BCUT2D eigenvalue weighted by molar-refractivity contribution is 0.0913. The highest BCUT2D eigenvalue weighted by Crippen LogP contribution is 2.19. The van der Waals surface area contributed by atoms with Crippen molar-refractivity contribution in [1.29, 1.82) is 0 Å². The van der Waals surface area contributed by atoms with E-state index in [2.05, 4.69) is 20.8 Å². The molecule has 0 bridgehead atoms. The minimum Gasteiger partial charge on any atom is -0.489 e. The van der Waals surface area contributed by atoms with Gasteiger partial charge in [0.05, 0.1) is 0 Å². The molecule has 0 spiro atoms. The van der Waals surface area contributed by atoms with E-state index in [1.807, 2.05) is 75.4 Å². The van der Waals surface area contributed by atoms with Crippen LogP contribution >= 0.6 is 0 Å². The van der Waals surface area contributed by atoms with Crippen LogP contribution in [0.25, 0.3) is 0 Å². The van der Waals surface area contributed by atoms with Crippen molar-refractivity contribution < 1.29 is 9.53 Å². The molecular formula is C22H24N4O2. The van der Waals surface area contributed by atoms with Crippen molar-refractivity contribution in [3.8, 4) is 5.75 Å². The van der Waals surface area contributed by atoms with Crippen LogP contribution in [0.4, 0.5) is 11.5 Å². The van der Waals surface area contributed by atoms with Gasteiger partial charge in [0.15, 0.2) is 11.5 Å². The molecule has 0 saturated heterocycles. The van der Waals surface area contributed by atoms with Crippen LogP contribution in [0.1, 0.15) is 36.8 Å². The summed E-state index contributed by atoms with van der Waals surface area (Å²) in [7, 11) is 0. The number of anilines is 2. The minimum atomic E-state index is -0.319. The van der Waals surface area contributed by atoms with E-state index < -0.39 is 0 Å². The number of nitrogens with zero attached hydrogens (tertiary/aromatic N) is 2. The summed E-state index contributed by atoms with van der Waals surface area (Å²) < 4.78 is 5.78. The Balaban J connectivity index is 1.56. The molecule has 2 aromatic carbocycles. The highest BCUT2D eigenvalue weighted by Gasteiger charge is 2.16. The first kappa shape index (κ1) is 19.4. The van der Waals surface area contributed by atoms with Crippen LogP contribution in [0.5, 0.6) is 5.75 Å². The van der Waals surface area contributed by atoms with Gasteiger partial charge in [-0.3, -0.25) is 4.79 Å². The molecule has 0 unspecified atom stereocenters. The smallest absolute Gasteiger partial charge is 0.272 e. The van der Waals surface area contributed by atoms with E-state index in [0.717, 1.165) is 17.0 Å². The third kappa shape index (κ3) is 5.81. The minimum absolute atomic E-state index is 0.244. The second kappa shape index (κ2) is 8.52. The lowest BCUT2D eigenvalue weighted by Gasteiger charge is -2.19. The van der Waals surface area contributed by atoms with Gasteiger partial charge < -0.3 is 15.4 Å². The number of rotatable bonds is 6. The number of benzene rings is 2. The summed E-state index contributed by atoms with van der Waals surface area (Å²) in [5.41, 5.74) is 1.94. The van der Waals surface area contributed by atoms with Gasteiger partial charge in [-0.05, 0) is 62.7 Å². The number of hydrogen-bond donors (Lipinski definition) is 2. The maximum atomic E-state index is 12.1. The number of ether oxygens (including phenoxy) is 1. The van der Waals surface area contributed by atoms with E-state index in [1.54, 1.807) is 12.1 Å². The summed E-state index contributed by atoms with van der Waals surface area (Å²) in [5, 5.41) is 14.1. The van der Waals surface area contributed by atoms with Crippen LogP contribution in [0.2, 0.25) is 0 Å². The van der Waals surface area contributed by atoms with Crippen LogP contribution in [0, 0.1) is 0 Å². The van der Waals surface area contributed by atoms with Gasteiger partial charge in [0.2, 0.25) is 0 Å². The van der Waals surface area contributed by atoms with Crippen molar-refractivity contribution in [2.45, 2.75) is 32.9 Å². The third-order valence-corrected chi connectivity index (χ3v) is 3.76. The molecule has 0 aliphatic rings. The molecule has 0 fully saturated rings. The van der Waals surface area contributed by atoms with Crippen LogP contribution in [-0.2, 0) is 6.61 Å². The first-order valence-corrected chi connectivity index (χ1v) is 9.09. The van der Waals surface area contributed by atoms with Crippen molar-refractivity contribution in [3.63, 3.8) is 0 Å². The molecule has 6 nitrogen and oxygen atoms in total. The van der Waals surface area contributed by atoms with Gasteiger partial charge in [-0.2, -0.15) is 0 Å². The van der Waals surface area contributed by atoms with Crippen molar-refractivity contribution >= 4 is 17.4 Å². The zero-order valence-electron chi connectivity index (χ0n) is 16.3. The zero-order chi connectivity index (χ0) is 20.0. The predicted octanol–water partition coefficient (Wildman–Crippen LogP) is 4.33. The monoisotopic (exact) mass is 376 g/mol. The van der Waals surface area contributed by atoms with Gasteiger partial charge in [-0.25, -0.2) is 0 Å². The average molecular weight is 376 g/mol. The van der Waals surface area contributed by atoms with E-state index in [9.17, 15) is 4.79 Å². The quantitative estimate of drug-likeness (QED) is 0.670. The van der Waals surface area contributed by atoms with Gasteiger partial charge in [-0.1, -0.05) is 30.3 Å². The zero-order valence-corrected chi connectivity index (χ0v) is 16.3. The van der Waals surface area contributed by atoms with E-state index in [1.165, 1.54) is 0 Å². The van der Waals surface area contributed by atoms with Gasteiger partial charge in [-0.15, -0.1) is 10.2 Å². The van der Waals surface area contributed by atoms with Crippen molar-refractivity contribution in [2.75, 3.05) is 5.32 Å². The number of hydrogen-bond acceptors (Lipinski definition) is 5. The highest BCUT2D eigenvalue weighted by molar-refractivity contribution is 5.92. The normalized spacial score (nSPS) is 11.0. The lowest BCUT2D eigenvalue weighted by Crippen LogP contribution is -2.41. The second-order valence-corrected chi connectivity index (χ2v) is 7.43. The molecule has 0 aliphatic heterocycles. The van der Waals surface area contributed by atoms with Crippen molar-refractivity contribution in [1.82, 2.24) is 15.5 Å². The number of aromatic nitrogens is 2. The fourth-order valence-corrected chi connectivity index (χ4v) is 2.45. The molecule has 0 saturated carbocycles. The van der Waals surface area contributed by atoms with E-state index in [-0.39, 0.29) is 17.1 Å². The molecule has 28 heavy (non-hydrogen) atoms. The molecule has 3 aromatic rings. The molecule has 3 rings (SSSR count). The maximum absolute atomic E-state index is 12.1.